The van der Waals surface area contributed by atoms with Gasteiger partial charge in [0.25, 0.3) is 0 Å². The van der Waals surface area contributed by atoms with E-state index in [9.17, 15) is 4.79 Å². The van der Waals surface area contributed by atoms with Crippen molar-refractivity contribution in [2.45, 2.75) is 52.7 Å². The van der Waals surface area contributed by atoms with Crippen LogP contribution in [0.5, 0.6) is 0 Å². The van der Waals surface area contributed by atoms with Crippen LogP contribution < -0.4 is 11.1 Å². The SMILES string of the molecule is CC[C@H](C)[C@H](NCCN)C(=O)OC(C)(C)C. The molecule has 0 fully saturated rings. The van der Waals surface area contributed by atoms with Gasteiger partial charge in [-0.15, -0.1) is 0 Å². The lowest BCUT2D eigenvalue weighted by atomic mass is 9.99. The maximum atomic E-state index is 11.9. The van der Waals surface area contributed by atoms with Crippen LogP contribution in [-0.4, -0.2) is 30.7 Å². The van der Waals surface area contributed by atoms with Gasteiger partial charge in [0.15, 0.2) is 0 Å². The van der Waals surface area contributed by atoms with Crippen LogP contribution in [0.3, 0.4) is 0 Å². The fourth-order valence-electron chi connectivity index (χ4n) is 1.36. The minimum absolute atomic E-state index is 0.185. The average molecular weight is 230 g/mol. The molecule has 0 aliphatic carbocycles. The van der Waals surface area contributed by atoms with Crippen molar-refractivity contribution in [2.24, 2.45) is 11.7 Å². The fourth-order valence-corrected chi connectivity index (χ4v) is 1.36. The number of carbonyl (C=O) groups is 1. The molecule has 0 aliphatic heterocycles. The van der Waals surface area contributed by atoms with E-state index in [4.69, 9.17) is 10.5 Å². The molecule has 0 rings (SSSR count). The zero-order valence-electron chi connectivity index (χ0n) is 11.2. The van der Waals surface area contributed by atoms with E-state index in [2.05, 4.69) is 12.2 Å². The Kier molecular flexibility index (Phi) is 6.60. The van der Waals surface area contributed by atoms with E-state index in [1.165, 1.54) is 0 Å². The first kappa shape index (κ1) is 15.4. The van der Waals surface area contributed by atoms with Crippen LogP contribution in [0.1, 0.15) is 41.0 Å². The Hall–Kier alpha value is -0.610. The van der Waals surface area contributed by atoms with Gasteiger partial charge in [-0.05, 0) is 26.7 Å². The van der Waals surface area contributed by atoms with Gasteiger partial charge >= 0.3 is 5.97 Å². The fraction of sp³-hybridized carbons (Fsp3) is 0.917. The Balaban J connectivity index is 4.43. The first-order valence-electron chi connectivity index (χ1n) is 5.98. The predicted molar refractivity (Wildman–Crippen MR) is 66.1 cm³/mol. The van der Waals surface area contributed by atoms with Crippen LogP contribution in [0.2, 0.25) is 0 Å². The second-order valence-corrected chi connectivity index (χ2v) is 5.14. The van der Waals surface area contributed by atoms with E-state index < -0.39 is 5.60 Å². The van der Waals surface area contributed by atoms with Crippen LogP contribution in [0, 0.1) is 5.92 Å². The molecule has 96 valence electrons. The minimum Gasteiger partial charge on any atom is -0.459 e. The molecule has 0 aromatic rings. The topological polar surface area (TPSA) is 64.3 Å². The van der Waals surface area contributed by atoms with Crippen LogP contribution in [-0.2, 0) is 9.53 Å². The lowest BCUT2D eigenvalue weighted by Crippen LogP contribution is -2.46. The van der Waals surface area contributed by atoms with Crippen molar-refractivity contribution in [3.05, 3.63) is 0 Å². The second-order valence-electron chi connectivity index (χ2n) is 5.14. The Morgan fingerprint density at radius 3 is 2.38 bits per heavy atom. The molecule has 0 radical (unpaired) electrons. The summed E-state index contributed by atoms with van der Waals surface area (Å²) in [5, 5.41) is 3.14. The van der Waals surface area contributed by atoms with Gasteiger partial charge in [0, 0.05) is 13.1 Å². The van der Waals surface area contributed by atoms with Gasteiger partial charge in [-0.3, -0.25) is 4.79 Å². The van der Waals surface area contributed by atoms with Crippen molar-refractivity contribution in [3.63, 3.8) is 0 Å². The van der Waals surface area contributed by atoms with E-state index in [1.54, 1.807) is 0 Å². The first-order valence-corrected chi connectivity index (χ1v) is 5.98. The lowest BCUT2D eigenvalue weighted by Gasteiger charge is -2.27. The van der Waals surface area contributed by atoms with Crippen molar-refractivity contribution < 1.29 is 9.53 Å². The summed E-state index contributed by atoms with van der Waals surface area (Å²) >= 11 is 0. The molecule has 4 heteroatoms. The van der Waals surface area contributed by atoms with Gasteiger partial charge < -0.3 is 15.8 Å². The number of hydrogen-bond acceptors (Lipinski definition) is 4. The van der Waals surface area contributed by atoms with Crippen LogP contribution in [0.25, 0.3) is 0 Å². The molecule has 0 saturated heterocycles. The van der Waals surface area contributed by atoms with Gasteiger partial charge in [-0.2, -0.15) is 0 Å². The van der Waals surface area contributed by atoms with E-state index >= 15 is 0 Å². The molecule has 0 spiro atoms. The van der Waals surface area contributed by atoms with E-state index in [-0.39, 0.29) is 17.9 Å². The molecule has 0 heterocycles. The molecular weight excluding hydrogens is 204 g/mol. The smallest absolute Gasteiger partial charge is 0.323 e. The Labute approximate surface area is 98.9 Å². The monoisotopic (exact) mass is 230 g/mol. The van der Waals surface area contributed by atoms with Crippen molar-refractivity contribution in [1.29, 1.82) is 0 Å². The maximum Gasteiger partial charge on any atom is 0.323 e. The molecule has 0 saturated carbocycles. The summed E-state index contributed by atoms with van der Waals surface area (Å²) in [7, 11) is 0. The zero-order valence-corrected chi connectivity index (χ0v) is 11.2. The number of ether oxygens (including phenoxy) is 1. The lowest BCUT2D eigenvalue weighted by molar-refractivity contribution is -0.158. The third-order valence-corrected chi connectivity index (χ3v) is 2.38. The normalized spacial score (nSPS) is 15.6. The standard InChI is InChI=1S/C12H26N2O2/c1-6-9(2)10(14-8-7-13)11(15)16-12(3,4)5/h9-10,14H,6-8,13H2,1-5H3/t9-,10-/m0/s1. The number of hydrogen-bond donors (Lipinski definition) is 2. The molecule has 3 N–H and O–H groups in total. The number of nitrogens with two attached hydrogens (primary N) is 1. The highest BCUT2D eigenvalue weighted by Gasteiger charge is 2.28. The molecule has 4 nitrogen and oxygen atoms in total. The number of carbonyl (C=O) groups excluding carboxylic acids is 1. The maximum absolute atomic E-state index is 11.9. The summed E-state index contributed by atoms with van der Waals surface area (Å²) in [6.45, 7) is 10.9. The molecule has 0 bridgehead atoms. The Morgan fingerprint density at radius 2 is 2.00 bits per heavy atom. The third kappa shape index (κ3) is 6.08. The van der Waals surface area contributed by atoms with E-state index in [1.807, 2.05) is 27.7 Å². The molecule has 0 unspecified atom stereocenters. The number of esters is 1. The molecule has 0 aliphatic rings. The highest BCUT2D eigenvalue weighted by atomic mass is 16.6. The molecule has 0 aromatic carbocycles. The van der Waals surface area contributed by atoms with Gasteiger partial charge in [0.2, 0.25) is 0 Å². The summed E-state index contributed by atoms with van der Waals surface area (Å²) in [5.74, 6) is 0.0664. The summed E-state index contributed by atoms with van der Waals surface area (Å²) < 4.78 is 5.38. The van der Waals surface area contributed by atoms with Crippen molar-refractivity contribution in [3.8, 4) is 0 Å². The minimum atomic E-state index is -0.437. The van der Waals surface area contributed by atoms with Crippen molar-refractivity contribution in [2.75, 3.05) is 13.1 Å². The molecule has 0 aromatic heterocycles. The average Bonchev–Trinajstić information content (AvgIpc) is 2.15. The molecular formula is C12H26N2O2. The van der Waals surface area contributed by atoms with E-state index in [0.29, 0.717) is 13.1 Å². The highest BCUT2D eigenvalue weighted by molar-refractivity contribution is 5.76. The summed E-state index contributed by atoms with van der Waals surface area (Å²) in [5.41, 5.74) is 4.99. The van der Waals surface area contributed by atoms with Crippen molar-refractivity contribution in [1.82, 2.24) is 5.32 Å². The van der Waals surface area contributed by atoms with Gasteiger partial charge in [0.05, 0.1) is 0 Å². The van der Waals surface area contributed by atoms with Crippen LogP contribution in [0.4, 0.5) is 0 Å². The predicted octanol–water partition coefficient (Wildman–Crippen LogP) is 1.29. The van der Waals surface area contributed by atoms with Crippen LogP contribution in [0.15, 0.2) is 0 Å². The number of nitrogens with one attached hydrogen (secondary N) is 1. The second kappa shape index (κ2) is 6.86. The summed E-state index contributed by atoms with van der Waals surface area (Å²) in [6, 6.07) is -0.257. The number of rotatable bonds is 6. The quantitative estimate of drug-likeness (QED) is 0.675. The molecule has 2 atom stereocenters. The van der Waals surface area contributed by atoms with Gasteiger partial charge in [0.1, 0.15) is 11.6 Å². The Bertz CT molecular complexity index is 212. The van der Waals surface area contributed by atoms with Crippen molar-refractivity contribution >= 4 is 5.97 Å². The van der Waals surface area contributed by atoms with Crippen LogP contribution >= 0.6 is 0 Å². The largest absolute Gasteiger partial charge is 0.459 e. The van der Waals surface area contributed by atoms with Gasteiger partial charge in [-0.1, -0.05) is 20.3 Å². The Morgan fingerprint density at radius 1 is 1.44 bits per heavy atom. The molecule has 16 heavy (non-hydrogen) atoms. The zero-order chi connectivity index (χ0) is 12.8. The highest BCUT2D eigenvalue weighted by Crippen LogP contribution is 2.14. The first-order chi connectivity index (χ1) is 7.31. The van der Waals surface area contributed by atoms with Gasteiger partial charge in [-0.25, -0.2) is 0 Å². The molecule has 0 amide bonds. The summed E-state index contributed by atoms with van der Waals surface area (Å²) in [6.07, 6.45) is 0.932. The third-order valence-electron chi connectivity index (χ3n) is 2.38. The summed E-state index contributed by atoms with van der Waals surface area (Å²) in [4.78, 5) is 11.9. The van der Waals surface area contributed by atoms with E-state index in [0.717, 1.165) is 6.42 Å².